The summed E-state index contributed by atoms with van der Waals surface area (Å²) in [6, 6.07) is 11.7. The van der Waals surface area contributed by atoms with Crippen LogP contribution < -0.4 is 4.90 Å². The number of hydrogen-bond donors (Lipinski definition) is 0. The molecule has 3 fully saturated rings. The van der Waals surface area contributed by atoms with E-state index in [1.807, 2.05) is 12.1 Å². The Morgan fingerprint density at radius 2 is 1.92 bits per heavy atom. The minimum Gasteiger partial charge on any atom is -0.465 e. The molecule has 202 valence electrons. The van der Waals surface area contributed by atoms with Crippen LogP contribution in [0.1, 0.15) is 71.7 Å². The Labute approximate surface area is 229 Å². The molecule has 2 aromatic heterocycles. The summed E-state index contributed by atoms with van der Waals surface area (Å²) in [5.74, 6) is 0.389. The molecule has 1 saturated carbocycles. The van der Waals surface area contributed by atoms with Gasteiger partial charge in [0.2, 0.25) is 0 Å². The lowest BCUT2D eigenvalue weighted by molar-refractivity contribution is 0.0147. The van der Waals surface area contributed by atoms with Crippen LogP contribution in [0.3, 0.4) is 0 Å². The number of methoxy groups -OCH3 is 1. The van der Waals surface area contributed by atoms with Crippen LogP contribution in [0.4, 0.5) is 9.52 Å². The summed E-state index contributed by atoms with van der Waals surface area (Å²) in [6.45, 7) is 2.59. The average molecular weight is 548 g/mol. The Kier molecular flexibility index (Phi) is 6.16. The molecular formula is C30H30FN3O4S. The van der Waals surface area contributed by atoms with Gasteiger partial charge in [-0.2, -0.15) is 0 Å². The zero-order valence-corrected chi connectivity index (χ0v) is 22.8. The molecule has 3 aliphatic rings. The highest BCUT2D eigenvalue weighted by Crippen LogP contribution is 2.46. The Hall–Kier alpha value is -3.30. The van der Waals surface area contributed by atoms with E-state index in [9.17, 15) is 9.18 Å². The number of anilines is 1. The van der Waals surface area contributed by atoms with Crippen molar-refractivity contribution in [2.45, 2.75) is 76.2 Å². The number of nitrogens with zero attached hydrogens (tertiary/aromatic N) is 3. The fourth-order valence-electron chi connectivity index (χ4n) is 6.28. The van der Waals surface area contributed by atoms with Crippen LogP contribution in [0.15, 0.2) is 40.9 Å². The SMILES string of the molecule is COC(=O)c1cc(F)c2nc(N3C4CC[C@H]3CC(OCc3c(-c5ccccc5C)noc3C3CC3)C4)sc2c1. The summed E-state index contributed by atoms with van der Waals surface area (Å²) in [6.07, 6.45) is 6.32. The summed E-state index contributed by atoms with van der Waals surface area (Å²) in [4.78, 5) is 19.0. The maximum absolute atomic E-state index is 14.8. The lowest BCUT2D eigenvalue weighted by Gasteiger charge is -2.38. The number of esters is 1. The second-order valence-corrected chi connectivity index (χ2v) is 12.0. The van der Waals surface area contributed by atoms with Crippen molar-refractivity contribution in [3.63, 3.8) is 0 Å². The summed E-state index contributed by atoms with van der Waals surface area (Å²) < 4.78 is 32.7. The molecule has 9 heteroatoms. The van der Waals surface area contributed by atoms with Crippen molar-refractivity contribution in [1.82, 2.24) is 10.1 Å². The van der Waals surface area contributed by atoms with Crippen molar-refractivity contribution in [2.75, 3.05) is 12.0 Å². The number of benzene rings is 2. The number of carbonyl (C=O) groups excluding carboxylic acids is 1. The van der Waals surface area contributed by atoms with Crippen LogP contribution in [0.2, 0.25) is 0 Å². The van der Waals surface area contributed by atoms with Crippen LogP contribution in [-0.4, -0.2) is 41.4 Å². The number of carbonyl (C=O) groups is 1. The fourth-order valence-corrected chi connectivity index (χ4v) is 7.44. The zero-order valence-electron chi connectivity index (χ0n) is 22.0. The van der Waals surface area contributed by atoms with Crippen LogP contribution >= 0.6 is 11.3 Å². The van der Waals surface area contributed by atoms with E-state index in [0.29, 0.717) is 34.8 Å². The van der Waals surface area contributed by atoms with Crippen molar-refractivity contribution >= 4 is 32.7 Å². The summed E-state index contributed by atoms with van der Waals surface area (Å²) in [7, 11) is 1.30. The molecule has 2 bridgehead atoms. The molecule has 2 aliphatic heterocycles. The van der Waals surface area contributed by atoms with E-state index >= 15 is 0 Å². The van der Waals surface area contributed by atoms with Crippen molar-refractivity contribution < 1.29 is 23.2 Å². The standard InChI is InChI=1S/C30H30FN3O4S/c1-16-5-3-4-6-22(16)26-23(28(38-33-26)17-7-8-17)15-37-21-13-19-9-10-20(14-21)34(19)30-32-27-24(31)11-18(29(35)36-2)12-25(27)39-30/h3-6,11-12,17,19-21H,7-10,13-15H2,1-2H3/t19-,20?,21?/m0/s1. The average Bonchev–Trinajstić information content (AvgIpc) is 3.45. The number of aryl methyl sites for hydroxylation is 1. The van der Waals surface area contributed by atoms with E-state index in [-0.39, 0.29) is 11.7 Å². The van der Waals surface area contributed by atoms with E-state index < -0.39 is 11.8 Å². The molecule has 3 atom stereocenters. The molecule has 2 aromatic carbocycles. The highest BCUT2D eigenvalue weighted by atomic mass is 32.1. The van der Waals surface area contributed by atoms with E-state index in [0.717, 1.165) is 66.2 Å². The maximum atomic E-state index is 14.8. The van der Waals surface area contributed by atoms with Gasteiger partial charge < -0.3 is 18.9 Å². The van der Waals surface area contributed by atoms with E-state index in [1.165, 1.54) is 30.1 Å². The maximum Gasteiger partial charge on any atom is 0.338 e. The van der Waals surface area contributed by atoms with Crippen LogP contribution in [0.5, 0.6) is 0 Å². The highest BCUT2D eigenvalue weighted by molar-refractivity contribution is 7.22. The lowest BCUT2D eigenvalue weighted by Crippen LogP contribution is -2.45. The number of thiazole rings is 1. The van der Waals surface area contributed by atoms with Crippen molar-refractivity contribution in [3.8, 4) is 11.3 Å². The van der Waals surface area contributed by atoms with Gasteiger partial charge in [0, 0.05) is 29.1 Å². The highest BCUT2D eigenvalue weighted by Gasteiger charge is 2.43. The van der Waals surface area contributed by atoms with Crippen molar-refractivity contribution in [3.05, 3.63) is 64.7 Å². The summed E-state index contributed by atoms with van der Waals surface area (Å²) >= 11 is 1.44. The molecule has 39 heavy (non-hydrogen) atoms. The molecular weight excluding hydrogens is 517 g/mol. The number of hydrogen-bond acceptors (Lipinski definition) is 8. The Morgan fingerprint density at radius 1 is 1.15 bits per heavy atom. The van der Waals surface area contributed by atoms with Gasteiger partial charge in [0.25, 0.3) is 0 Å². The third-order valence-corrected chi connectivity index (χ3v) is 9.41. The first-order chi connectivity index (χ1) is 19.0. The summed E-state index contributed by atoms with van der Waals surface area (Å²) in [5, 5.41) is 5.30. The molecule has 0 N–H and O–H groups in total. The van der Waals surface area contributed by atoms with E-state index in [1.54, 1.807) is 6.07 Å². The molecule has 7 rings (SSSR count). The second kappa shape index (κ2) is 9.71. The number of ether oxygens (including phenoxy) is 2. The number of rotatable bonds is 7. The van der Waals surface area contributed by atoms with Crippen LogP contribution in [0.25, 0.3) is 21.5 Å². The number of halogens is 1. The number of piperidine rings is 1. The molecule has 2 saturated heterocycles. The Morgan fingerprint density at radius 3 is 2.64 bits per heavy atom. The molecule has 0 spiro atoms. The predicted molar refractivity (Wildman–Crippen MR) is 147 cm³/mol. The number of fused-ring (bicyclic) bond motifs is 3. The van der Waals surface area contributed by atoms with Gasteiger partial charge >= 0.3 is 5.97 Å². The topological polar surface area (TPSA) is 77.7 Å². The normalized spacial score (nSPS) is 22.5. The third kappa shape index (κ3) is 4.41. The van der Waals surface area contributed by atoms with Crippen LogP contribution in [0, 0.1) is 12.7 Å². The van der Waals surface area contributed by atoms with Crippen molar-refractivity contribution in [1.29, 1.82) is 0 Å². The molecule has 2 unspecified atom stereocenters. The van der Waals surface area contributed by atoms with E-state index in [4.69, 9.17) is 14.0 Å². The quantitative estimate of drug-likeness (QED) is 0.236. The molecule has 7 nitrogen and oxygen atoms in total. The first kappa shape index (κ1) is 24.7. The Bertz CT molecular complexity index is 1550. The van der Waals surface area contributed by atoms with Gasteiger partial charge in [0.15, 0.2) is 10.9 Å². The molecule has 0 amide bonds. The van der Waals surface area contributed by atoms with Gasteiger partial charge in [-0.1, -0.05) is 40.8 Å². The van der Waals surface area contributed by atoms with Gasteiger partial charge in [-0.25, -0.2) is 14.2 Å². The minimum atomic E-state index is -0.549. The Balaban J connectivity index is 1.10. The minimum absolute atomic E-state index is 0.127. The number of aromatic nitrogens is 2. The van der Waals surface area contributed by atoms with Crippen LogP contribution in [-0.2, 0) is 16.1 Å². The van der Waals surface area contributed by atoms with Gasteiger partial charge in [-0.15, -0.1) is 0 Å². The third-order valence-electron chi connectivity index (χ3n) is 8.40. The second-order valence-electron chi connectivity index (χ2n) is 11.0. The first-order valence-electron chi connectivity index (χ1n) is 13.6. The summed E-state index contributed by atoms with van der Waals surface area (Å²) in [5.41, 5.74) is 4.77. The van der Waals surface area contributed by atoms with Gasteiger partial charge in [0.05, 0.1) is 30.1 Å². The van der Waals surface area contributed by atoms with Crippen molar-refractivity contribution in [2.24, 2.45) is 0 Å². The smallest absolute Gasteiger partial charge is 0.338 e. The lowest BCUT2D eigenvalue weighted by atomic mass is 9.99. The molecule has 4 aromatic rings. The zero-order chi connectivity index (χ0) is 26.7. The van der Waals surface area contributed by atoms with Gasteiger partial charge in [-0.3, -0.25) is 0 Å². The first-order valence-corrected chi connectivity index (χ1v) is 14.4. The predicted octanol–water partition coefficient (Wildman–Crippen LogP) is 6.78. The molecule has 1 aliphatic carbocycles. The van der Waals surface area contributed by atoms with E-state index in [2.05, 4.69) is 34.1 Å². The van der Waals surface area contributed by atoms with Gasteiger partial charge in [-0.05, 0) is 63.1 Å². The monoisotopic (exact) mass is 547 g/mol. The molecule has 0 radical (unpaired) electrons. The van der Waals surface area contributed by atoms with Gasteiger partial charge in [0.1, 0.15) is 17.0 Å². The largest absolute Gasteiger partial charge is 0.465 e. The fraction of sp³-hybridized carbons (Fsp3) is 0.433. The molecule has 4 heterocycles.